The van der Waals surface area contributed by atoms with Crippen molar-refractivity contribution in [3.8, 4) is 0 Å². The maximum absolute atomic E-state index is 11.7. The van der Waals surface area contributed by atoms with Gasteiger partial charge >= 0.3 is 57.4 Å². The molecule has 0 atom stereocenters. The molecular weight excluding hydrogens is 347 g/mol. The molecule has 7 heteroatoms. The molecule has 0 unspecified atom stereocenters. The number of unbranched alkanes of at least 4 members (excludes halogenated alkanes) is 8. The van der Waals surface area contributed by atoms with Crippen molar-refractivity contribution in [3.63, 3.8) is 0 Å². The summed E-state index contributed by atoms with van der Waals surface area (Å²) in [6, 6.07) is 0. The SMILES string of the molecule is CCCCCCCCCCCC(=O)NCCN(CCO)CC(=O)O.[KH]. The molecule has 0 aromatic rings. The summed E-state index contributed by atoms with van der Waals surface area (Å²) in [5, 5.41) is 20.5. The summed E-state index contributed by atoms with van der Waals surface area (Å²) < 4.78 is 0. The first-order valence-electron chi connectivity index (χ1n) is 9.41. The molecule has 144 valence electrons. The van der Waals surface area contributed by atoms with E-state index in [0.29, 0.717) is 26.1 Å². The molecule has 0 radical (unpaired) electrons. The van der Waals surface area contributed by atoms with E-state index < -0.39 is 5.97 Å². The van der Waals surface area contributed by atoms with Gasteiger partial charge in [-0.05, 0) is 6.42 Å². The van der Waals surface area contributed by atoms with E-state index in [2.05, 4.69) is 12.2 Å². The van der Waals surface area contributed by atoms with E-state index in [1.54, 1.807) is 4.90 Å². The molecule has 0 aromatic carbocycles. The fourth-order valence-corrected chi connectivity index (χ4v) is 2.64. The quantitative estimate of drug-likeness (QED) is 0.263. The van der Waals surface area contributed by atoms with E-state index >= 15 is 0 Å². The van der Waals surface area contributed by atoms with Crippen LogP contribution in [0.15, 0.2) is 0 Å². The summed E-state index contributed by atoms with van der Waals surface area (Å²) >= 11 is 0. The van der Waals surface area contributed by atoms with Crippen molar-refractivity contribution < 1.29 is 19.8 Å². The summed E-state index contributed by atoms with van der Waals surface area (Å²) in [5.74, 6) is -0.901. The Hall–Kier alpha value is 0.496. The molecule has 25 heavy (non-hydrogen) atoms. The van der Waals surface area contributed by atoms with E-state index in [4.69, 9.17) is 10.2 Å². The summed E-state index contributed by atoms with van der Waals surface area (Å²) in [7, 11) is 0. The Morgan fingerprint density at radius 1 is 0.920 bits per heavy atom. The topological polar surface area (TPSA) is 89.9 Å². The number of aliphatic hydroxyl groups excluding tert-OH is 1. The van der Waals surface area contributed by atoms with Crippen LogP contribution in [0.5, 0.6) is 0 Å². The van der Waals surface area contributed by atoms with E-state index in [0.717, 1.165) is 12.8 Å². The molecule has 6 nitrogen and oxygen atoms in total. The number of hydrogen-bond donors (Lipinski definition) is 3. The standard InChI is InChI=1S/C18H36N2O4.K.H/c1-2-3-4-5-6-7-8-9-10-11-17(22)19-12-13-20(14-15-21)16-18(23)24;;/h21H,2-16H2,1H3,(H,19,22)(H,23,24);;. The number of amides is 1. The van der Waals surface area contributed by atoms with Gasteiger partial charge in [0.1, 0.15) is 0 Å². The van der Waals surface area contributed by atoms with Gasteiger partial charge in [0.15, 0.2) is 0 Å². The number of hydrogen-bond acceptors (Lipinski definition) is 4. The van der Waals surface area contributed by atoms with Gasteiger partial charge in [0.25, 0.3) is 0 Å². The molecule has 0 saturated heterocycles. The molecule has 0 aliphatic heterocycles. The van der Waals surface area contributed by atoms with E-state index in [-0.39, 0.29) is 70.4 Å². The average molecular weight is 385 g/mol. The number of carboxylic acid groups (broad SMARTS) is 1. The van der Waals surface area contributed by atoms with Gasteiger partial charge in [0.05, 0.1) is 13.2 Å². The van der Waals surface area contributed by atoms with Crippen LogP contribution in [-0.4, -0.2) is 111 Å². The van der Waals surface area contributed by atoms with Gasteiger partial charge in [-0.2, -0.15) is 0 Å². The Balaban J connectivity index is 0. The molecule has 3 N–H and O–H groups in total. The van der Waals surface area contributed by atoms with Gasteiger partial charge in [-0.1, -0.05) is 58.3 Å². The second-order valence-electron chi connectivity index (χ2n) is 6.32. The van der Waals surface area contributed by atoms with Crippen LogP contribution in [-0.2, 0) is 9.59 Å². The molecule has 0 aliphatic rings. The van der Waals surface area contributed by atoms with Crippen molar-refractivity contribution >= 4 is 63.3 Å². The fourth-order valence-electron chi connectivity index (χ4n) is 2.64. The first kappa shape index (κ1) is 27.7. The number of carboxylic acids is 1. The number of aliphatic hydroxyl groups is 1. The molecule has 0 fully saturated rings. The molecular formula is C18H37KN2O4. The zero-order valence-corrected chi connectivity index (χ0v) is 15.3. The number of nitrogens with one attached hydrogen (secondary N) is 1. The summed E-state index contributed by atoms with van der Waals surface area (Å²) in [6.07, 6.45) is 11.6. The van der Waals surface area contributed by atoms with Gasteiger partial charge in [-0.25, -0.2) is 0 Å². The number of aliphatic carboxylic acids is 1. The number of carbonyl (C=O) groups is 2. The van der Waals surface area contributed by atoms with Crippen LogP contribution < -0.4 is 5.32 Å². The summed E-state index contributed by atoms with van der Waals surface area (Å²) in [4.78, 5) is 24.0. The Morgan fingerprint density at radius 2 is 1.48 bits per heavy atom. The fraction of sp³-hybridized carbons (Fsp3) is 0.889. The number of nitrogens with zero attached hydrogens (tertiary/aromatic N) is 1. The van der Waals surface area contributed by atoms with Gasteiger partial charge in [-0.15, -0.1) is 0 Å². The van der Waals surface area contributed by atoms with Crippen LogP contribution in [0, 0.1) is 0 Å². The molecule has 0 saturated carbocycles. The normalized spacial score (nSPS) is 10.5. The predicted octanol–water partition coefficient (Wildman–Crippen LogP) is 1.75. The zero-order valence-electron chi connectivity index (χ0n) is 15.3. The first-order chi connectivity index (χ1) is 11.6. The Morgan fingerprint density at radius 3 is 2.00 bits per heavy atom. The molecule has 0 rings (SSSR count). The zero-order chi connectivity index (χ0) is 18.0. The van der Waals surface area contributed by atoms with Gasteiger partial charge < -0.3 is 15.5 Å². The van der Waals surface area contributed by atoms with Crippen molar-refractivity contribution in [1.29, 1.82) is 0 Å². The van der Waals surface area contributed by atoms with Gasteiger partial charge in [0.2, 0.25) is 5.91 Å². The number of carbonyl (C=O) groups excluding carboxylic acids is 1. The first-order valence-corrected chi connectivity index (χ1v) is 9.41. The third-order valence-electron chi connectivity index (χ3n) is 4.03. The molecule has 0 heterocycles. The van der Waals surface area contributed by atoms with Crippen molar-refractivity contribution in [2.45, 2.75) is 71.1 Å². The molecule has 0 spiro atoms. The van der Waals surface area contributed by atoms with Gasteiger partial charge in [-0.3, -0.25) is 14.5 Å². The Kier molecular flexibility index (Phi) is 23.1. The Labute approximate surface area is 195 Å². The van der Waals surface area contributed by atoms with Crippen LogP contribution >= 0.6 is 0 Å². The monoisotopic (exact) mass is 384 g/mol. The van der Waals surface area contributed by atoms with Crippen molar-refractivity contribution in [2.75, 3.05) is 32.8 Å². The molecule has 1 amide bonds. The van der Waals surface area contributed by atoms with Gasteiger partial charge in [0, 0.05) is 26.1 Å². The third kappa shape index (κ3) is 20.7. The second-order valence-corrected chi connectivity index (χ2v) is 6.32. The minimum absolute atomic E-state index is 0. The van der Waals surface area contributed by atoms with Crippen LogP contribution in [0.25, 0.3) is 0 Å². The molecule has 0 aliphatic carbocycles. The average Bonchev–Trinajstić information content (AvgIpc) is 2.53. The van der Waals surface area contributed by atoms with E-state index in [1.165, 1.54) is 44.9 Å². The van der Waals surface area contributed by atoms with E-state index in [1.807, 2.05) is 0 Å². The second kappa shape index (κ2) is 20.8. The minimum atomic E-state index is -0.926. The Bertz CT molecular complexity index is 330. The van der Waals surface area contributed by atoms with Crippen molar-refractivity contribution in [2.24, 2.45) is 0 Å². The van der Waals surface area contributed by atoms with Crippen LogP contribution in [0.1, 0.15) is 71.1 Å². The van der Waals surface area contributed by atoms with Crippen LogP contribution in [0.3, 0.4) is 0 Å². The summed E-state index contributed by atoms with van der Waals surface area (Å²) in [5.41, 5.74) is 0. The number of rotatable bonds is 17. The van der Waals surface area contributed by atoms with Crippen molar-refractivity contribution in [3.05, 3.63) is 0 Å². The maximum atomic E-state index is 11.7. The van der Waals surface area contributed by atoms with Crippen LogP contribution in [0.2, 0.25) is 0 Å². The van der Waals surface area contributed by atoms with Crippen molar-refractivity contribution in [1.82, 2.24) is 10.2 Å². The predicted molar refractivity (Wildman–Crippen MR) is 103 cm³/mol. The van der Waals surface area contributed by atoms with Crippen LogP contribution in [0.4, 0.5) is 0 Å². The summed E-state index contributed by atoms with van der Waals surface area (Å²) in [6.45, 7) is 3.19. The molecule has 0 aromatic heterocycles. The van der Waals surface area contributed by atoms with E-state index in [9.17, 15) is 9.59 Å². The molecule has 0 bridgehead atoms. The third-order valence-corrected chi connectivity index (χ3v) is 4.03.